The molecule has 1 aliphatic rings. The van der Waals surface area contributed by atoms with Crippen molar-refractivity contribution in [2.75, 3.05) is 25.2 Å². The third-order valence-corrected chi connectivity index (χ3v) is 4.35. The van der Waals surface area contributed by atoms with Gasteiger partial charge in [-0.15, -0.1) is 0 Å². The minimum atomic E-state index is 0.402. The highest BCUT2D eigenvalue weighted by Crippen LogP contribution is 2.35. The molecule has 0 radical (unpaired) electrons. The van der Waals surface area contributed by atoms with Gasteiger partial charge in [-0.05, 0) is 29.4 Å². The SMILES string of the molecule is COCC1CCN1c1ncc(C(C)C)c2cc(Cl)ncc12. The second-order valence-electron chi connectivity index (χ2n) is 5.84. The van der Waals surface area contributed by atoms with Gasteiger partial charge in [-0.3, -0.25) is 0 Å². The largest absolute Gasteiger partial charge is 0.383 e. The third kappa shape index (κ3) is 2.58. The highest BCUT2D eigenvalue weighted by Gasteiger charge is 2.30. The summed E-state index contributed by atoms with van der Waals surface area (Å²) in [6.07, 6.45) is 4.96. The second-order valence-corrected chi connectivity index (χ2v) is 6.22. The zero-order valence-corrected chi connectivity index (χ0v) is 13.4. The first kappa shape index (κ1) is 14.5. The first-order valence-electron chi connectivity index (χ1n) is 7.31. The summed E-state index contributed by atoms with van der Waals surface area (Å²) in [5.74, 6) is 1.39. The Morgan fingerprint density at radius 1 is 1.33 bits per heavy atom. The molecule has 0 N–H and O–H groups in total. The lowest BCUT2D eigenvalue weighted by Crippen LogP contribution is -2.50. The van der Waals surface area contributed by atoms with Crippen molar-refractivity contribution < 1.29 is 4.74 Å². The van der Waals surface area contributed by atoms with Crippen molar-refractivity contribution in [1.29, 1.82) is 0 Å². The molecule has 0 aromatic carbocycles. The molecule has 3 rings (SSSR count). The molecule has 112 valence electrons. The van der Waals surface area contributed by atoms with Crippen LogP contribution in [-0.4, -0.2) is 36.3 Å². The van der Waals surface area contributed by atoms with Crippen LogP contribution in [0, 0.1) is 0 Å². The van der Waals surface area contributed by atoms with Gasteiger partial charge in [0.25, 0.3) is 0 Å². The van der Waals surface area contributed by atoms with Crippen LogP contribution in [0.15, 0.2) is 18.5 Å². The molecule has 0 amide bonds. The topological polar surface area (TPSA) is 38.2 Å². The van der Waals surface area contributed by atoms with Crippen molar-refractivity contribution in [3.63, 3.8) is 0 Å². The summed E-state index contributed by atoms with van der Waals surface area (Å²) in [5, 5.41) is 2.75. The number of nitrogens with zero attached hydrogens (tertiary/aromatic N) is 3. The van der Waals surface area contributed by atoms with Gasteiger partial charge in [-0.2, -0.15) is 0 Å². The number of fused-ring (bicyclic) bond motifs is 1. The number of hydrogen-bond donors (Lipinski definition) is 0. The first-order valence-corrected chi connectivity index (χ1v) is 7.69. The summed E-state index contributed by atoms with van der Waals surface area (Å²) >= 11 is 6.09. The molecule has 5 heteroatoms. The van der Waals surface area contributed by atoms with E-state index in [1.54, 1.807) is 7.11 Å². The van der Waals surface area contributed by atoms with Crippen LogP contribution in [0.4, 0.5) is 5.82 Å². The Labute approximate surface area is 130 Å². The molecule has 1 fully saturated rings. The smallest absolute Gasteiger partial charge is 0.138 e. The molecule has 1 atom stereocenters. The molecule has 0 bridgehead atoms. The standard InChI is InChI=1S/C16H20ClN3O/c1-10(2)13-7-19-16(20-5-4-11(20)9-21-3)14-8-18-15(17)6-12(13)14/h6-8,10-11H,4-5,9H2,1-3H3. The zero-order valence-electron chi connectivity index (χ0n) is 12.6. The molecule has 1 unspecified atom stereocenters. The van der Waals surface area contributed by atoms with Gasteiger partial charge in [0.1, 0.15) is 11.0 Å². The Morgan fingerprint density at radius 3 is 2.76 bits per heavy atom. The van der Waals surface area contributed by atoms with E-state index in [2.05, 4.69) is 23.7 Å². The van der Waals surface area contributed by atoms with Crippen LogP contribution in [0.5, 0.6) is 0 Å². The second kappa shape index (κ2) is 5.78. The van der Waals surface area contributed by atoms with Crippen LogP contribution in [-0.2, 0) is 4.74 Å². The number of rotatable bonds is 4. The van der Waals surface area contributed by atoms with Crippen LogP contribution in [0.25, 0.3) is 10.8 Å². The average molecular weight is 306 g/mol. The van der Waals surface area contributed by atoms with Crippen LogP contribution in [0.3, 0.4) is 0 Å². The van der Waals surface area contributed by atoms with Gasteiger partial charge in [-0.1, -0.05) is 25.4 Å². The number of methoxy groups -OCH3 is 1. The summed E-state index contributed by atoms with van der Waals surface area (Å²) in [5.41, 5.74) is 1.21. The fourth-order valence-electron chi connectivity index (χ4n) is 2.89. The number of halogens is 1. The van der Waals surface area contributed by atoms with Crippen molar-refractivity contribution in [2.45, 2.75) is 32.2 Å². The van der Waals surface area contributed by atoms with Crippen LogP contribution < -0.4 is 4.90 Å². The van der Waals surface area contributed by atoms with E-state index < -0.39 is 0 Å². The highest BCUT2D eigenvalue weighted by atomic mass is 35.5. The fraction of sp³-hybridized carbons (Fsp3) is 0.500. The number of hydrogen-bond acceptors (Lipinski definition) is 4. The third-order valence-electron chi connectivity index (χ3n) is 4.15. The maximum atomic E-state index is 6.09. The van der Waals surface area contributed by atoms with Gasteiger partial charge < -0.3 is 9.64 Å². The Bertz CT molecular complexity index is 659. The summed E-state index contributed by atoms with van der Waals surface area (Å²) in [6.45, 7) is 6.08. The molecule has 1 saturated heterocycles. The van der Waals surface area contributed by atoms with Crippen molar-refractivity contribution in [3.05, 3.63) is 29.2 Å². The number of aromatic nitrogens is 2. The van der Waals surface area contributed by atoms with Crippen LogP contribution in [0.2, 0.25) is 5.15 Å². The van der Waals surface area contributed by atoms with E-state index in [1.165, 1.54) is 5.56 Å². The Kier molecular flexibility index (Phi) is 4.00. The van der Waals surface area contributed by atoms with Gasteiger partial charge in [0.05, 0.1) is 12.6 Å². The van der Waals surface area contributed by atoms with E-state index in [0.717, 1.165) is 36.2 Å². The minimum absolute atomic E-state index is 0.402. The summed E-state index contributed by atoms with van der Waals surface area (Å²) in [6, 6.07) is 2.36. The maximum absolute atomic E-state index is 6.09. The fourth-order valence-corrected chi connectivity index (χ4v) is 3.05. The average Bonchev–Trinajstić information content (AvgIpc) is 2.43. The van der Waals surface area contributed by atoms with E-state index in [4.69, 9.17) is 21.3 Å². The molecule has 21 heavy (non-hydrogen) atoms. The van der Waals surface area contributed by atoms with Gasteiger partial charge in [-0.25, -0.2) is 9.97 Å². The van der Waals surface area contributed by atoms with Crippen molar-refractivity contribution in [3.8, 4) is 0 Å². The van der Waals surface area contributed by atoms with Crippen molar-refractivity contribution >= 4 is 28.2 Å². The first-order chi connectivity index (χ1) is 10.1. The molecule has 2 aromatic heterocycles. The molecule has 2 aromatic rings. The van der Waals surface area contributed by atoms with Gasteiger partial charge in [0.2, 0.25) is 0 Å². The molecule has 0 spiro atoms. The van der Waals surface area contributed by atoms with E-state index >= 15 is 0 Å². The number of ether oxygens (including phenoxy) is 1. The quantitative estimate of drug-likeness (QED) is 0.809. The lowest BCUT2D eigenvalue weighted by molar-refractivity contribution is 0.156. The molecular formula is C16H20ClN3O. The zero-order chi connectivity index (χ0) is 15.0. The normalized spacial score (nSPS) is 18.3. The maximum Gasteiger partial charge on any atom is 0.138 e. The lowest BCUT2D eigenvalue weighted by atomic mass is 9.97. The van der Waals surface area contributed by atoms with Crippen LogP contribution >= 0.6 is 11.6 Å². The molecule has 4 nitrogen and oxygen atoms in total. The number of pyridine rings is 2. The van der Waals surface area contributed by atoms with Gasteiger partial charge in [0.15, 0.2) is 0 Å². The number of anilines is 1. The monoisotopic (exact) mass is 305 g/mol. The Hall–Kier alpha value is -1.39. The Balaban J connectivity index is 2.10. The van der Waals surface area contributed by atoms with E-state index in [9.17, 15) is 0 Å². The highest BCUT2D eigenvalue weighted by molar-refractivity contribution is 6.30. The Morgan fingerprint density at radius 2 is 2.14 bits per heavy atom. The lowest BCUT2D eigenvalue weighted by Gasteiger charge is -2.42. The minimum Gasteiger partial charge on any atom is -0.383 e. The van der Waals surface area contributed by atoms with Crippen molar-refractivity contribution in [2.24, 2.45) is 0 Å². The van der Waals surface area contributed by atoms with Crippen LogP contribution in [0.1, 0.15) is 31.7 Å². The van der Waals surface area contributed by atoms with Crippen molar-refractivity contribution in [1.82, 2.24) is 9.97 Å². The predicted molar refractivity (Wildman–Crippen MR) is 86.3 cm³/mol. The van der Waals surface area contributed by atoms with Gasteiger partial charge >= 0.3 is 0 Å². The summed E-state index contributed by atoms with van der Waals surface area (Å²) in [4.78, 5) is 11.2. The van der Waals surface area contributed by atoms with E-state index in [-0.39, 0.29) is 0 Å². The van der Waals surface area contributed by atoms with E-state index in [1.807, 2.05) is 18.5 Å². The summed E-state index contributed by atoms with van der Waals surface area (Å²) in [7, 11) is 1.74. The molecule has 3 heterocycles. The van der Waals surface area contributed by atoms with E-state index in [0.29, 0.717) is 17.1 Å². The predicted octanol–water partition coefficient (Wildman–Crippen LogP) is 3.63. The molecule has 1 aliphatic heterocycles. The summed E-state index contributed by atoms with van der Waals surface area (Å²) < 4.78 is 5.28. The molecule has 0 aliphatic carbocycles. The van der Waals surface area contributed by atoms with Gasteiger partial charge in [0, 0.05) is 31.4 Å². The molecular weight excluding hydrogens is 286 g/mol. The molecule has 0 saturated carbocycles.